The van der Waals surface area contributed by atoms with Crippen LogP contribution < -0.4 is 5.32 Å². The quantitative estimate of drug-likeness (QED) is 0.491. The van der Waals surface area contributed by atoms with Crippen LogP contribution in [0.3, 0.4) is 0 Å². The average molecular weight is 405 g/mol. The zero-order chi connectivity index (χ0) is 19.6. The van der Waals surface area contributed by atoms with E-state index in [1.807, 2.05) is 0 Å². The summed E-state index contributed by atoms with van der Waals surface area (Å²) < 4.78 is 0. The van der Waals surface area contributed by atoms with Crippen molar-refractivity contribution in [3.05, 3.63) is 78.7 Å². The fraction of sp³-hybridized carbons (Fsp3) is 0. The maximum atomic E-state index is 12.4. The Kier molecular flexibility index (Phi) is 5.10. The van der Waals surface area contributed by atoms with Crippen molar-refractivity contribution in [2.24, 2.45) is 0 Å². The first-order valence-electron chi connectivity index (χ1n) is 7.31. The Morgan fingerprint density at radius 3 is 2.41 bits per heavy atom. The minimum absolute atomic E-state index is 0.234. The van der Waals surface area contributed by atoms with Crippen molar-refractivity contribution >= 4 is 45.4 Å². The molecule has 0 aliphatic carbocycles. The van der Waals surface area contributed by atoms with Gasteiger partial charge < -0.3 is 0 Å². The number of rotatable bonds is 5. The van der Waals surface area contributed by atoms with Crippen molar-refractivity contribution in [1.29, 1.82) is 0 Å². The molecule has 0 radical (unpaired) electrons. The highest BCUT2D eigenvalue weighted by atomic mass is 35.5. The number of hydrogen-bond acceptors (Lipinski definition) is 7. The van der Waals surface area contributed by atoms with Crippen LogP contribution in [0.2, 0.25) is 5.02 Å². The first-order valence-corrected chi connectivity index (χ1v) is 8.56. The summed E-state index contributed by atoms with van der Waals surface area (Å²) in [5.41, 5.74) is -0.0369. The van der Waals surface area contributed by atoms with E-state index in [9.17, 15) is 25.0 Å². The molecule has 1 N–H and O–H groups in total. The van der Waals surface area contributed by atoms with Crippen molar-refractivity contribution in [2.45, 2.75) is 0 Å². The average Bonchev–Trinajstić information content (AvgIpc) is 3.10. The number of amides is 1. The van der Waals surface area contributed by atoms with E-state index in [4.69, 9.17) is 11.6 Å². The van der Waals surface area contributed by atoms with E-state index in [2.05, 4.69) is 10.3 Å². The van der Waals surface area contributed by atoms with Gasteiger partial charge in [-0.15, -0.1) is 11.3 Å². The van der Waals surface area contributed by atoms with Crippen LogP contribution in [0.25, 0.3) is 11.3 Å². The van der Waals surface area contributed by atoms with Gasteiger partial charge in [0.15, 0.2) is 5.13 Å². The molecule has 0 bridgehead atoms. The van der Waals surface area contributed by atoms with Crippen LogP contribution in [0.4, 0.5) is 16.5 Å². The molecule has 1 heterocycles. The molecule has 136 valence electrons. The van der Waals surface area contributed by atoms with E-state index in [0.29, 0.717) is 10.7 Å². The second-order valence-electron chi connectivity index (χ2n) is 5.21. The summed E-state index contributed by atoms with van der Waals surface area (Å²) in [5, 5.41) is 26.9. The summed E-state index contributed by atoms with van der Waals surface area (Å²) in [6, 6.07) is 9.76. The monoisotopic (exact) mass is 404 g/mol. The Bertz CT molecular complexity index is 1050. The predicted octanol–water partition coefficient (Wildman–Crippen LogP) is 4.53. The number of thiazole rings is 1. The van der Waals surface area contributed by atoms with Crippen LogP contribution in [-0.2, 0) is 0 Å². The van der Waals surface area contributed by atoms with Crippen LogP contribution in [0.1, 0.15) is 10.4 Å². The molecule has 0 aliphatic rings. The van der Waals surface area contributed by atoms with Gasteiger partial charge in [0.2, 0.25) is 0 Å². The van der Waals surface area contributed by atoms with Gasteiger partial charge in [0.05, 0.1) is 21.6 Å². The number of halogens is 1. The van der Waals surface area contributed by atoms with Gasteiger partial charge in [-0.1, -0.05) is 23.7 Å². The number of nitro groups is 2. The third kappa shape index (κ3) is 4.07. The molecule has 1 amide bonds. The van der Waals surface area contributed by atoms with Crippen LogP contribution >= 0.6 is 22.9 Å². The summed E-state index contributed by atoms with van der Waals surface area (Å²) in [4.78, 5) is 36.9. The maximum Gasteiger partial charge on any atom is 0.289 e. The molecule has 3 rings (SSSR count). The number of carbonyl (C=O) groups is 1. The van der Waals surface area contributed by atoms with Crippen LogP contribution in [0, 0.1) is 20.2 Å². The lowest BCUT2D eigenvalue weighted by Crippen LogP contribution is -2.14. The van der Waals surface area contributed by atoms with E-state index in [0.717, 1.165) is 35.1 Å². The smallest absolute Gasteiger partial charge is 0.289 e. The lowest BCUT2D eigenvalue weighted by molar-refractivity contribution is -0.394. The number of anilines is 1. The van der Waals surface area contributed by atoms with Gasteiger partial charge in [0, 0.05) is 22.0 Å². The maximum absolute atomic E-state index is 12.4. The molecule has 0 saturated heterocycles. The molecule has 2 aromatic carbocycles. The van der Waals surface area contributed by atoms with Gasteiger partial charge in [-0.25, -0.2) is 4.98 Å². The molecule has 11 heteroatoms. The zero-order valence-electron chi connectivity index (χ0n) is 13.3. The molecule has 0 atom stereocenters. The normalized spacial score (nSPS) is 10.4. The molecule has 0 unspecified atom stereocenters. The van der Waals surface area contributed by atoms with Crippen LogP contribution in [0.5, 0.6) is 0 Å². The fourth-order valence-electron chi connectivity index (χ4n) is 2.23. The van der Waals surface area contributed by atoms with Crippen LogP contribution in [0.15, 0.2) is 47.8 Å². The van der Waals surface area contributed by atoms with Gasteiger partial charge >= 0.3 is 0 Å². The number of nitrogens with zero attached hydrogens (tertiary/aromatic N) is 3. The number of non-ortho nitro benzene ring substituents is 1. The van der Waals surface area contributed by atoms with Gasteiger partial charge in [0.25, 0.3) is 17.3 Å². The first kappa shape index (κ1) is 18.4. The first-order chi connectivity index (χ1) is 12.8. The summed E-state index contributed by atoms with van der Waals surface area (Å²) >= 11 is 6.98. The van der Waals surface area contributed by atoms with Crippen LogP contribution in [-0.4, -0.2) is 20.7 Å². The highest BCUT2D eigenvalue weighted by molar-refractivity contribution is 7.14. The minimum atomic E-state index is -0.844. The number of hydrogen-bond donors (Lipinski definition) is 1. The number of benzene rings is 2. The Balaban J connectivity index is 1.85. The van der Waals surface area contributed by atoms with E-state index < -0.39 is 27.1 Å². The van der Waals surface area contributed by atoms with Gasteiger partial charge in [-0.2, -0.15) is 0 Å². The number of nitro benzene ring substituents is 2. The Hall–Kier alpha value is -3.37. The van der Waals surface area contributed by atoms with E-state index >= 15 is 0 Å². The minimum Gasteiger partial charge on any atom is -0.298 e. The third-order valence-electron chi connectivity index (χ3n) is 3.50. The topological polar surface area (TPSA) is 128 Å². The lowest BCUT2D eigenvalue weighted by Gasteiger charge is -2.03. The van der Waals surface area contributed by atoms with Crippen molar-refractivity contribution in [3.8, 4) is 11.3 Å². The highest BCUT2D eigenvalue weighted by Gasteiger charge is 2.24. The Morgan fingerprint density at radius 1 is 1.07 bits per heavy atom. The summed E-state index contributed by atoms with van der Waals surface area (Å²) in [5.74, 6) is -0.784. The molecule has 3 aromatic rings. The SMILES string of the molecule is O=C(Nc1nc(-c2ccc(Cl)cc2)cs1)c1ccc([N+](=O)[O-])cc1[N+](=O)[O-]. The number of carbonyl (C=O) groups excluding carboxylic acids is 1. The third-order valence-corrected chi connectivity index (χ3v) is 4.51. The van der Waals surface area contributed by atoms with E-state index in [1.165, 1.54) is 0 Å². The van der Waals surface area contributed by atoms with E-state index in [1.54, 1.807) is 29.6 Å². The van der Waals surface area contributed by atoms with Crippen molar-refractivity contribution in [1.82, 2.24) is 4.98 Å². The largest absolute Gasteiger partial charge is 0.298 e. The van der Waals surface area contributed by atoms with Gasteiger partial charge in [-0.05, 0) is 18.2 Å². The molecule has 0 aliphatic heterocycles. The fourth-order valence-corrected chi connectivity index (χ4v) is 3.07. The zero-order valence-corrected chi connectivity index (χ0v) is 14.9. The lowest BCUT2D eigenvalue weighted by atomic mass is 10.1. The second-order valence-corrected chi connectivity index (χ2v) is 6.51. The van der Waals surface area contributed by atoms with Crippen molar-refractivity contribution in [2.75, 3.05) is 5.32 Å². The summed E-state index contributed by atoms with van der Waals surface area (Å²) in [7, 11) is 0. The number of aromatic nitrogens is 1. The summed E-state index contributed by atoms with van der Waals surface area (Å²) in [6.07, 6.45) is 0. The van der Waals surface area contributed by atoms with E-state index in [-0.39, 0.29) is 10.7 Å². The van der Waals surface area contributed by atoms with Gasteiger partial charge in [-0.3, -0.25) is 30.3 Å². The summed E-state index contributed by atoms with van der Waals surface area (Å²) in [6.45, 7) is 0. The molecule has 0 saturated carbocycles. The Morgan fingerprint density at radius 2 is 1.78 bits per heavy atom. The van der Waals surface area contributed by atoms with Gasteiger partial charge in [0.1, 0.15) is 5.56 Å². The number of nitrogens with one attached hydrogen (secondary N) is 1. The Labute approximate surface area is 160 Å². The molecule has 9 nitrogen and oxygen atoms in total. The molecule has 1 aromatic heterocycles. The standard InChI is InChI=1S/C16H9ClN4O5S/c17-10-3-1-9(2-4-10)13-8-27-16(18-13)19-15(22)12-6-5-11(20(23)24)7-14(12)21(25)26/h1-8H,(H,18,19,22). The van der Waals surface area contributed by atoms with Crippen molar-refractivity contribution < 1.29 is 14.6 Å². The molecular formula is C16H9ClN4O5S. The molecule has 0 fully saturated rings. The second kappa shape index (κ2) is 7.48. The molecule has 0 spiro atoms. The van der Waals surface area contributed by atoms with Crippen molar-refractivity contribution in [3.63, 3.8) is 0 Å². The molecule has 27 heavy (non-hydrogen) atoms. The molecular weight excluding hydrogens is 396 g/mol. The highest BCUT2D eigenvalue weighted by Crippen LogP contribution is 2.28. The predicted molar refractivity (Wildman–Crippen MR) is 100 cm³/mol.